The molecule has 1 aliphatic heterocycles. The molecule has 0 bridgehead atoms. The van der Waals surface area contributed by atoms with Gasteiger partial charge in [0.25, 0.3) is 5.91 Å². The van der Waals surface area contributed by atoms with Gasteiger partial charge < -0.3 is 9.15 Å². The van der Waals surface area contributed by atoms with Crippen molar-refractivity contribution in [3.63, 3.8) is 0 Å². The number of fused-ring (bicyclic) bond motifs is 1. The molecule has 134 valence electrons. The quantitative estimate of drug-likeness (QED) is 0.902. The molecule has 0 saturated carbocycles. The number of rotatable bonds is 2. The smallest absolute Gasteiger partial charge is 0.412 e. The maximum Gasteiger partial charge on any atom is 0.412 e. The summed E-state index contributed by atoms with van der Waals surface area (Å²) in [6.45, 7) is 8.33. The highest BCUT2D eigenvalue weighted by Gasteiger charge is 2.30. The van der Waals surface area contributed by atoms with Crippen molar-refractivity contribution in [2.45, 2.75) is 46.3 Å². The molecule has 8 heteroatoms. The minimum atomic E-state index is -0.610. The van der Waals surface area contributed by atoms with Crippen molar-refractivity contribution in [2.24, 2.45) is 0 Å². The molecule has 0 saturated heterocycles. The number of hydrogen-bond acceptors (Lipinski definition) is 5. The lowest BCUT2D eigenvalue weighted by Gasteiger charge is -2.29. The number of carbonyl (C=O) groups is 2. The summed E-state index contributed by atoms with van der Waals surface area (Å²) in [5.41, 5.74) is 0.335. The van der Waals surface area contributed by atoms with Gasteiger partial charge in [-0.3, -0.25) is 15.0 Å². The van der Waals surface area contributed by atoms with Crippen LogP contribution >= 0.6 is 0 Å². The fourth-order valence-corrected chi connectivity index (χ4v) is 2.76. The van der Waals surface area contributed by atoms with Gasteiger partial charge in [-0.2, -0.15) is 5.10 Å². The fourth-order valence-electron chi connectivity index (χ4n) is 2.76. The van der Waals surface area contributed by atoms with Gasteiger partial charge in [0.2, 0.25) is 0 Å². The van der Waals surface area contributed by atoms with Gasteiger partial charge in [-0.05, 0) is 40.2 Å². The van der Waals surface area contributed by atoms with Gasteiger partial charge in [0.05, 0.1) is 18.0 Å². The van der Waals surface area contributed by atoms with Crippen LogP contribution in [0.15, 0.2) is 22.9 Å². The molecular weight excluding hydrogens is 324 g/mol. The summed E-state index contributed by atoms with van der Waals surface area (Å²) < 4.78 is 12.2. The molecular formula is C17H22N4O4. The van der Waals surface area contributed by atoms with E-state index in [4.69, 9.17) is 9.15 Å². The molecule has 3 heterocycles. The second kappa shape index (κ2) is 6.27. The zero-order valence-electron chi connectivity index (χ0n) is 14.8. The molecule has 1 aliphatic rings. The van der Waals surface area contributed by atoms with Crippen LogP contribution in [-0.4, -0.2) is 33.9 Å². The van der Waals surface area contributed by atoms with Gasteiger partial charge in [-0.25, -0.2) is 9.48 Å². The maximum absolute atomic E-state index is 12.9. The predicted molar refractivity (Wildman–Crippen MR) is 91.8 cm³/mol. The summed E-state index contributed by atoms with van der Waals surface area (Å²) in [5.74, 6) is 0.936. The number of hydrogen-bond donors (Lipinski definition) is 1. The first-order valence-corrected chi connectivity index (χ1v) is 8.18. The highest BCUT2D eigenvalue weighted by atomic mass is 16.6. The van der Waals surface area contributed by atoms with Crippen molar-refractivity contribution in [3.05, 3.63) is 29.9 Å². The first-order valence-electron chi connectivity index (χ1n) is 8.18. The Bertz CT molecular complexity index is 800. The highest BCUT2D eigenvalue weighted by molar-refractivity contribution is 6.08. The molecule has 2 amide bonds. The van der Waals surface area contributed by atoms with Crippen molar-refractivity contribution >= 4 is 23.5 Å². The Labute approximate surface area is 145 Å². The predicted octanol–water partition coefficient (Wildman–Crippen LogP) is 3.18. The second-order valence-electron chi connectivity index (χ2n) is 6.93. The number of furan rings is 1. The Morgan fingerprint density at radius 3 is 2.72 bits per heavy atom. The Kier molecular flexibility index (Phi) is 4.28. The summed E-state index contributed by atoms with van der Waals surface area (Å²) in [4.78, 5) is 26.6. The highest BCUT2D eigenvalue weighted by Crippen LogP contribution is 2.31. The molecule has 0 spiro atoms. The molecule has 0 aliphatic carbocycles. The van der Waals surface area contributed by atoms with Crippen LogP contribution in [0.1, 0.15) is 43.3 Å². The summed E-state index contributed by atoms with van der Waals surface area (Å²) in [6, 6.07) is 1.65. The van der Waals surface area contributed by atoms with E-state index in [0.717, 1.165) is 6.42 Å². The molecule has 0 aromatic carbocycles. The van der Waals surface area contributed by atoms with E-state index in [9.17, 15) is 9.59 Å². The van der Waals surface area contributed by atoms with Gasteiger partial charge >= 0.3 is 6.09 Å². The van der Waals surface area contributed by atoms with Crippen LogP contribution in [0, 0.1) is 6.92 Å². The van der Waals surface area contributed by atoms with Crippen LogP contribution in [0.3, 0.4) is 0 Å². The molecule has 2 aromatic heterocycles. The van der Waals surface area contributed by atoms with Crippen molar-refractivity contribution in [1.82, 2.24) is 9.78 Å². The number of carbonyl (C=O) groups excluding carboxylic acids is 2. The van der Waals surface area contributed by atoms with Crippen LogP contribution in [0.4, 0.5) is 16.3 Å². The molecule has 25 heavy (non-hydrogen) atoms. The minimum absolute atomic E-state index is 0.181. The van der Waals surface area contributed by atoms with E-state index in [1.807, 2.05) is 0 Å². The van der Waals surface area contributed by atoms with E-state index in [1.165, 1.54) is 12.5 Å². The molecule has 2 aromatic rings. The monoisotopic (exact) mass is 346 g/mol. The van der Waals surface area contributed by atoms with E-state index in [-0.39, 0.29) is 5.91 Å². The van der Waals surface area contributed by atoms with Gasteiger partial charge in [-0.1, -0.05) is 0 Å². The van der Waals surface area contributed by atoms with Gasteiger partial charge in [0, 0.05) is 13.1 Å². The average Bonchev–Trinajstić information content (AvgIpc) is 3.11. The number of aryl methyl sites for hydroxylation is 2. The zero-order chi connectivity index (χ0) is 18.2. The standard InChI is InChI=1S/C17H22N4O4/c1-11-12(6-9-24-11)15(22)20-7-5-8-21-14(20)13(10-18-21)19-16(23)25-17(2,3)4/h6,9-10H,5,7-8H2,1-4H3,(H,19,23). The Morgan fingerprint density at radius 2 is 2.08 bits per heavy atom. The van der Waals surface area contributed by atoms with E-state index < -0.39 is 11.7 Å². The number of ether oxygens (including phenoxy) is 1. The molecule has 3 rings (SSSR count). The van der Waals surface area contributed by atoms with Crippen LogP contribution in [0.2, 0.25) is 0 Å². The Hall–Kier alpha value is -2.77. The number of nitrogens with zero attached hydrogens (tertiary/aromatic N) is 3. The van der Waals surface area contributed by atoms with Gasteiger partial charge in [0.1, 0.15) is 17.0 Å². The van der Waals surface area contributed by atoms with Crippen molar-refractivity contribution < 1.29 is 18.7 Å². The van der Waals surface area contributed by atoms with Crippen LogP contribution in [-0.2, 0) is 11.3 Å². The van der Waals surface area contributed by atoms with E-state index >= 15 is 0 Å². The van der Waals surface area contributed by atoms with Crippen molar-refractivity contribution in [1.29, 1.82) is 0 Å². The van der Waals surface area contributed by atoms with Gasteiger partial charge in [0.15, 0.2) is 5.82 Å². The normalized spacial score (nSPS) is 14.2. The molecule has 0 fully saturated rings. The zero-order valence-corrected chi connectivity index (χ0v) is 14.8. The third kappa shape index (κ3) is 3.52. The summed E-state index contributed by atoms with van der Waals surface area (Å²) in [5, 5.41) is 6.96. The first kappa shape index (κ1) is 17.1. The molecule has 8 nitrogen and oxygen atoms in total. The van der Waals surface area contributed by atoms with Crippen LogP contribution < -0.4 is 10.2 Å². The summed E-state index contributed by atoms with van der Waals surface area (Å²) >= 11 is 0. The molecule has 0 radical (unpaired) electrons. The Morgan fingerprint density at radius 1 is 1.32 bits per heavy atom. The van der Waals surface area contributed by atoms with Crippen LogP contribution in [0.25, 0.3) is 0 Å². The first-order chi connectivity index (χ1) is 11.8. The fraction of sp³-hybridized carbons (Fsp3) is 0.471. The molecule has 1 N–H and O–H groups in total. The number of amides is 2. The summed E-state index contributed by atoms with van der Waals surface area (Å²) in [7, 11) is 0. The molecule has 0 unspecified atom stereocenters. The number of nitrogens with one attached hydrogen (secondary N) is 1. The van der Waals surface area contributed by atoms with E-state index in [2.05, 4.69) is 10.4 Å². The van der Waals surface area contributed by atoms with E-state index in [0.29, 0.717) is 35.9 Å². The lowest BCUT2D eigenvalue weighted by Crippen LogP contribution is -2.38. The van der Waals surface area contributed by atoms with Gasteiger partial charge in [-0.15, -0.1) is 0 Å². The largest absolute Gasteiger partial charge is 0.469 e. The van der Waals surface area contributed by atoms with Crippen molar-refractivity contribution in [2.75, 3.05) is 16.8 Å². The summed E-state index contributed by atoms with van der Waals surface area (Å²) in [6.07, 6.45) is 3.22. The second-order valence-corrected chi connectivity index (χ2v) is 6.93. The SMILES string of the molecule is Cc1occc1C(=O)N1CCCn2ncc(NC(=O)OC(C)(C)C)c21. The van der Waals surface area contributed by atoms with Crippen molar-refractivity contribution in [3.8, 4) is 0 Å². The number of anilines is 2. The average molecular weight is 346 g/mol. The third-order valence-electron chi connectivity index (χ3n) is 3.79. The lowest BCUT2D eigenvalue weighted by atomic mass is 10.2. The Balaban J connectivity index is 1.88. The topological polar surface area (TPSA) is 89.6 Å². The number of aromatic nitrogens is 2. The maximum atomic E-state index is 12.9. The minimum Gasteiger partial charge on any atom is -0.469 e. The van der Waals surface area contributed by atoms with Crippen LogP contribution in [0.5, 0.6) is 0 Å². The lowest BCUT2D eigenvalue weighted by molar-refractivity contribution is 0.0635. The van der Waals surface area contributed by atoms with E-state index in [1.54, 1.807) is 43.3 Å². The molecule has 0 atom stereocenters. The third-order valence-corrected chi connectivity index (χ3v) is 3.79.